The molecule has 0 unspecified atom stereocenters. The lowest BCUT2D eigenvalue weighted by Crippen LogP contribution is -2.40. The van der Waals surface area contributed by atoms with Gasteiger partial charge < -0.3 is 0 Å². The molecule has 0 saturated heterocycles. The van der Waals surface area contributed by atoms with Crippen molar-refractivity contribution in [3.63, 3.8) is 0 Å². The number of nitrogens with zero attached hydrogens (tertiary/aromatic N) is 2. The topological polar surface area (TPSA) is 24.7 Å². The molecule has 11 heavy (non-hydrogen) atoms. The van der Waals surface area contributed by atoms with Crippen molar-refractivity contribution >= 4 is 0 Å². The van der Waals surface area contributed by atoms with Gasteiger partial charge in [0.25, 0.3) is 0 Å². The smallest absolute Gasteiger partial charge is 0.158 e. The van der Waals surface area contributed by atoms with E-state index in [1.807, 2.05) is 0 Å². The second-order valence-electron chi connectivity index (χ2n) is 4.24. The molecule has 0 N–H and O–H groups in total. The first-order chi connectivity index (χ1) is 5.42. The first-order valence-corrected chi connectivity index (χ1v) is 4.86. The van der Waals surface area contributed by atoms with E-state index in [0.29, 0.717) is 0 Å². The van der Waals surface area contributed by atoms with Gasteiger partial charge in [-0.1, -0.05) is 12.8 Å². The van der Waals surface area contributed by atoms with Crippen LogP contribution in [0.2, 0.25) is 0 Å². The molecule has 0 amide bonds. The van der Waals surface area contributed by atoms with Crippen molar-refractivity contribution in [1.29, 1.82) is 0 Å². The van der Waals surface area contributed by atoms with E-state index in [-0.39, 0.29) is 5.66 Å². The van der Waals surface area contributed by atoms with Crippen LogP contribution in [0.3, 0.4) is 0 Å². The highest BCUT2D eigenvalue weighted by Gasteiger charge is 2.56. The molecule has 1 aliphatic heterocycles. The van der Waals surface area contributed by atoms with Gasteiger partial charge in [-0.2, -0.15) is 10.2 Å². The highest BCUT2D eigenvalue weighted by molar-refractivity contribution is 5.08. The second kappa shape index (κ2) is 1.85. The summed E-state index contributed by atoms with van der Waals surface area (Å²) >= 11 is 0. The molecule has 2 aliphatic carbocycles. The first kappa shape index (κ1) is 6.15. The number of rotatable bonds is 0. The fourth-order valence-electron chi connectivity index (χ4n) is 3.08. The zero-order valence-corrected chi connectivity index (χ0v) is 6.79. The molecular formula is C9H14N2. The molecule has 1 heterocycles. The summed E-state index contributed by atoms with van der Waals surface area (Å²) < 4.78 is 0. The standard InChI is InChI=1S/C9H14N2/c1-3-7-5-2-6-8(4-1)9(7)10-11-9/h7-8H,1-6H2. The summed E-state index contributed by atoms with van der Waals surface area (Å²) in [5.41, 5.74) is 0.191. The van der Waals surface area contributed by atoms with Gasteiger partial charge in [-0.25, -0.2) is 0 Å². The lowest BCUT2D eigenvalue weighted by molar-refractivity contribution is 0.118. The minimum absolute atomic E-state index is 0.191. The van der Waals surface area contributed by atoms with Gasteiger partial charge >= 0.3 is 0 Å². The Kier molecular flexibility index (Phi) is 1.03. The summed E-state index contributed by atoms with van der Waals surface area (Å²) in [6.07, 6.45) is 8.43. The van der Waals surface area contributed by atoms with Crippen LogP contribution < -0.4 is 0 Å². The van der Waals surface area contributed by atoms with E-state index >= 15 is 0 Å². The van der Waals surface area contributed by atoms with Gasteiger partial charge in [-0.05, 0) is 25.7 Å². The van der Waals surface area contributed by atoms with Crippen molar-refractivity contribution < 1.29 is 0 Å². The minimum Gasteiger partial charge on any atom is -0.158 e. The van der Waals surface area contributed by atoms with E-state index in [1.54, 1.807) is 0 Å². The second-order valence-corrected chi connectivity index (χ2v) is 4.24. The van der Waals surface area contributed by atoms with Crippen LogP contribution in [0.1, 0.15) is 38.5 Å². The van der Waals surface area contributed by atoms with Crippen molar-refractivity contribution in [3.05, 3.63) is 0 Å². The van der Waals surface area contributed by atoms with E-state index in [4.69, 9.17) is 0 Å². The maximum Gasteiger partial charge on any atom is 0.196 e. The molecule has 1 spiro atoms. The molecule has 3 rings (SSSR count). The maximum atomic E-state index is 4.30. The largest absolute Gasteiger partial charge is 0.196 e. The summed E-state index contributed by atoms with van der Waals surface area (Å²) in [6, 6.07) is 0. The fraction of sp³-hybridized carbons (Fsp3) is 1.00. The third kappa shape index (κ3) is 0.678. The predicted octanol–water partition coefficient (Wildman–Crippen LogP) is 2.75. The summed E-state index contributed by atoms with van der Waals surface area (Å²) in [4.78, 5) is 0. The minimum atomic E-state index is 0.191. The van der Waals surface area contributed by atoms with Crippen LogP contribution in [0.25, 0.3) is 0 Å². The van der Waals surface area contributed by atoms with Gasteiger partial charge in [0.1, 0.15) is 0 Å². The van der Waals surface area contributed by atoms with Gasteiger partial charge in [0.15, 0.2) is 5.66 Å². The van der Waals surface area contributed by atoms with Gasteiger partial charge in [0.05, 0.1) is 0 Å². The van der Waals surface area contributed by atoms with E-state index in [2.05, 4.69) is 10.2 Å². The summed E-state index contributed by atoms with van der Waals surface area (Å²) in [6.45, 7) is 0. The van der Waals surface area contributed by atoms with Crippen LogP contribution >= 0.6 is 0 Å². The molecular weight excluding hydrogens is 136 g/mol. The normalized spacial score (nSPS) is 44.4. The molecule has 0 atom stereocenters. The molecule has 2 nitrogen and oxygen atoms in total. The Labute approximate surface area is 67.1 Å². The van der Waals surface area contributed by atoms with Crippen LogP contribution in [-0.4, -0.2) is 5.66 Å². The van der Waals surface area contributed by atoms with Crippen molar-refractivity contribution in [2.24, 2.45) is 22.1 Å². The molecule has 2 heteroatoms. The highest BCUT2D eigenvalue weighted by Crippen LogP contribution is 2.56. The van der Waals surface area contributed by atoms with Gasteiger partial charge in [0.2, 0.25) is 0 Å². The summed E-state index contributed by atoms with van der Waals surface area (Å²) in [5, 5.41) is 8.61. The number of hydrogen-bond donors (Lipinski definition) is 0. The Morgan fingerprint density at radius 1 is 0.818 bits per heavy atom. The molecule has 2 bridgehead atoms. The first-order valence-electron chi connectivity index (χ1n) is 4.86. The van der Waals surface area contributed by atoms with E-state index in [1.165, 1.54) is 38.5 Å². The van der Waals surface area contributed by atoms with Crippen LogP contribution in [0.4, 0.5) is 0 Å². The van der Waals surface area contributed by atoms with Crippen molar-refractivity contribution in [2.45, 2.75) is 44.2 Å². The van der Waals surface area contributed by atoms with Crippen LogP contribution in [0.15, 0.2) is 10.2 Å². The molecule has 0 aromatic rings. The molecule has 0 aromatic heterocycles. The Bertz CT molecular complexity index is 180. The SMILES string of the molecule is C1CC2CCCC(C1)C21N=N1. The van der Waals surface area contributed by atoms with Crippen LogP contribution in [-0.2, 0) is 0 Å². The predicted molar refractivity (Wildman–Crippen MR) is 42.3 cm³/mol. The van der Waals surface area contributed by atoms with Gasteiger partial charge in [-0.3, -0.25) is 0 Å². The Hall–Kier alpha value is -0.400. The van der Waals surface area contributed by atoms with Crippen LogP contribution in [0, 0.1) is 11.8 Å². The van der Waals surface area contributed by atoms with Gasteiger partial charge in [-0.15, -0.1) is 0 Å². The van der Waals surface area contributed by atoms with E-state index in [9.17, 15) is 0 Å². The van der Waals surface area contributed by atoms with E-state index < -0.39 is 0 Å². The summed E-state index contributed by atoms with van der Waals surface area (Å²) in [5.74, 6) is 1.69. The zero-order chi connectivity index (χ0) is 7.31. The average Bonchev–Trinajstić information content (AvgIpc) is 2.68. The molecule has 0 radical (unpaired) electrons. The highest BCUT2D eigenvalue weighted by atomic mass is 15.5. The van der Waals surface area contributed by atoms with Crippen molar-refractivity contribution in [2.75, 3.05) is 0 Å². The lowest BCUT2D eigenvalue weighted by Gasteiger charge is -2.39. The number of hydrogen-bond acceptors (Lipinski definition) is 2. The lowest BCUT2D eigenvalue weighted by atomic mass is 9.66. The monoisotopic (exact) mass is 150 g/mol. The van der Waals surface area contributed by atoms with Crippen molar-refractivity contribution in [3.8, 4) is 0 Å². The molecule has 2 saturated carbocycles. The summed E-state index contributed by atoms with van der Waals surface area (Å²) in [7, 11) is 0. The van der Waals surface area contributed by atoms with Crippen LogP contribution in [0.5, 0.6) is 0 Å². The third-order valence-electron chi connectivity index (χ3n) is 3.74. The van der Waals surface area contributed by atoms with E-state index in [0.717, 1.165) is 11.8 Å². The molecule has 60 valence electrons. The Balaban J connectivity index is 1.90. The Morgan fingerprint density at radius 3 is 1.55 bits per heavy atom. The molecule has 0 aromatic carbocycles. The zero-order valence-electron chi connectivity index (χ0n) is 6.79. The Morgan fingerprint density at radius 2 is 1.27 bits per heavy atom. The average molecular weight is 150 g/mol. The fourth-order valence-corrected chi connectivity index (χ4v) is 3.08. The van der Waals surface area contributed by atoms with Crippen molar-refractivity contribution in [1.82, 2.24) is 0 Å². The third-order valence-corrected chi connectivity index (χ3v) is 3.74. The molecule has 3 aliphatic rings. The molecule has 2 fully saturated rings. The van der Waals surface area contributed by atoms with Gasteiger partial charge in [0, 0.05) is 11.8 Å². The maximum absolute atomic E-state index is 4.30. The quantitative estimate of drug-likeness (QED) is 0.507.